The zero-order chi connectivity index (χ0) is 10.3. The average molecular weight is 199 g/mol. The van der Waals surface area contributed by atoms with Crippen molar-refractivity contribution in [2.75, 3.05) is 0 Å². The molecule has 1 aliphatic rings. The molecule has 1 N–H and O–H groups in total. The van der Waals surface area contributed by atoms with Gasteiger partial charge in [-0.3, -0.25) is 0 Å². The highest BCUT2D eigenvalue weighted by Gasteiger charge is 1.90. The molecule has 3 heteroatoms. The number of H-pyrrole nitrogens is 1. The van der Waals surface area contributed by atoms with Gasteiger partial charge >= 0.3 is 0 Å². The number of nitrogens with one attached hydrogen (secondary N) is 1. The largest absolute Gasteiger partial charge is 0.197 e. The van der Waals surface area contributed by atoms with E-state index in [0.717, 1.165) is 11.0 Å². The maximum absolute atomic E-state index is 3.88. The van der Waals surface area contributed by atoms with E-state index >= 15 is 0 Å². The summed E-state index contributed by atoms with van der Waals surface area (Å²) in [6.07, 6.45) is 11.0. The number of hydrogen-bond donors (Lipinski definition) is 1. The van der Waals surface area contributed by atoms with Gasteiger partial charge in [0.05, 0.1) is 0 Å². The Kier molecular flexibility index (Phi) is 3.28. The van der Waals surface area contributed by atoms with E-state index in [1.165, 1.54) is 12.8 Å². The first kappa shape index (κ1) is 9.65. The summed E-state index contributed by atoms with van der Waals surface area (Å²) < 4.78 is 0. The van der Waals surface area contributed by atoms with Gasteiger partial charge in [-0.25, -0.2) is 0 Å². The third-order valence-electron chi connectivity index (χ3n) is 2.11. The quantitative estimate of drug-likeness (QED) is 0.708. The summed E-state index contributed by atoms with van der Waals surface area (Å²) in [5.41, 5.74) is 1.83. The van der Waals surface area contributed by atoms with Crippen LogP contribution in [0.1, 0.15) is 12.8 Å². The molecule has 0 fully saturated rings. The maximum Gasteiger partial charge on any atom is 0.112 e. The zero-order valence-electron chi connectivity index (χ0n) is 8.43. The van der Waals surface area contributed by atoms with Gasteiger partial charge in [-0.2, -0.15) is 15.4 Å². The van der Waals surface area contributed by atoms with E-state index in [0.29, 0.717) is 0 Å². The molecule has 0 spiro atoms. The molecule has 1 heterocycles. The lowest BCUT2D eigenvalue weighted by atomic mass is 10.2. The van der Waals surface area contributed by atoms with Crippen LogP contribution in [0.25, 0.3) is 11.0 Å². The zero-order valence-corrected chi connectivity index (χ0v) is 8.43. The molecule has 0 saturated heterocycles. The van der Waals surface area contributed by atoms with Gasteiger partial charge in [0.2, 0.25) is 0 Å². The number of aromatic amines is 1. The Morgan fingerprint density at radius 2 is 1.40 bits per heavy atom. The number of hydrogen-bond acceptors (Lipinski definition) is 2. The minimum Gasteiger partial charge on any atom is -0.197 e. The Morgan fingerprint density at radius 1 is 0.867 bits per heavy atom. The van der Waals surface area contributed by atoms with Crippen molar-refractivity contribution in [2.24, 2.45) is 0 Å². The number of rotatable bonds is 0. The molecule has 3 nitrogen and oxygen atoms in total. The van der Waals surface area contributed by atoms with Gasteiger partial charge < -0.3 is 0 Å². The van der Waals surface area contributed by atoms with E-state index in [-0.39, 0.29) is 0 Å². The number of benzene rings is 1. The first-order valence-corrected chi connectivity index (χ1v) is 5.04. The second-order valence-electron chi connectivity index (χ2n) is 3.25. The van der Waals surface area contributed by atoms with Gasteiger partial charge in [-0.1, -0.05) is 36.4 Å². The highest BCUT2D eigenvalue weighted by Crippen LogP contribution is 2.03. The van der Waals surface area contributed by atoms with Crippen molar-refractivity contribution in [2.45, 2.75) is 12.8 Å². The van der Waals surface area contributed by atoms with Crippen molar-refractivity contribution in [1.82, 2.24) is 15.4 Å². The van der Waals surface area contributed by atoms with E-state index in [1.807, 2.05) is 24.3 Å². The smallest absolute Gasteiger partial charge is 0.112 e. The number of fused-ring (bicyclic) bond motifs is 1. The van der Waals surface area contributed by atoms with Gasteiger partial charge in [-0.05, 0) is 25.0 Å². The third-order valence-corrected chi connectivity index (χ3v) is 2.11. The molecule has 0 radical (unpaired) electrons. The fourth-order valence-electron chi connectivity index (χ4n) is 1.33. The van der Waals surface area contributed by atoms with Crippen molar-refractivity contribution in [3.63, 3.8) is 0 Å². The first-order valence-electron chi connectivity index (χ1n) is 5.04. The van der Waals surface area contributed by atoms with Crippen molar-refractivity contribution >= 4 is 11.0 Å². The average Bonchev–Trinajstić information content (AvgIpc) is 2.80. The van der Waals surface area contributed by atoms with Gasteiger partial charge in [-0.15, -0.1) is 0 Å². The molecule has 0 saturated carbocycles. The highest BCUT2D eigenvalue weighted by molar-refractivity contribution is 5.72. The van der Waals surface area contributed by atoms with Crippen LogP contribution in [0, 0.1) is 0 Å². The third kappa shape index (κ3) is 2.77. The van der Waals surface area contributed by atoms with Crippen LogP contribution in [0.15, 0.2) is 48.6 Å². The number of allylic oxidation sites excluding steroid dienone is 4. The van der Waals surface area contributed by atoms with Crippen LogP contribution in [0.4, 0.5) is 0 Å². The fraction of sp³-hybridized carbons (Fsp3) is 0.167. The standard InChI is InChI=1S/C6H5N3.C6H8/c1-2-4-6-5(3-1)7-9-8-6;1-2-4-6-5-3-1/h1-4H,(H,7,8,9);1-4H,5-6H2. The molecule has 15 heavy (non-hydrogen) atoms. The highest BCUT2D eigenvalue weighted by atomic mass is 15.3. The van der Waals surface area contributed by atoms with E-state index in [2.05, 4.69) is 39.7 Å². The number of para-hydroxylation sites is 2. The monoisotopic (exact) mass is 199 g/mol. The predicted molar refractivity (Wildman–Crippen MR) is 61.4 cm³/mol. The van der Waals surface area contributed by atoms with E-state index in [4.69, 9.17) is 0 Å². The molecule has 2 aromatic rings. The van der Waals surface area contributed by atoms with Gasteiger partial charge in [0.1, 0.15) is 11.0 Å². The number of aromatic nitrogens is 3. The molecule has 76 valence electrons. The first-order chi connectivity index (χ1) is 7.47. The molecule has 1 aromatic carbocycles. The van der Waals surface area contributed by atoms with Crippen molar-refractivity contribution in [3.8, 4) is 0 Å². The summed E-state index contributed by atoms with van der Waals surface area (Å²) in [4.78, 5) is 0. The fourth-order valence-corrected chi connectivity index (χ4v) is 1.33. The van der Waals surface area contributed by atoms with Crippen LogP contribution < -0.4 is 0 Å². The number of nitrogens with zero attached hydrogens (tertiary/aromatic N) is 2. The molecule has 3 rings (SSSR count). The molecule has 0 bridgehead atoms. The van der Waals surface area contributed by atoms with Crippen LogP contribution in [-0.4, -0.2) is 15.4 Å². The van der Waals surface area contributed by atoms with Crippen molar-refractivity contribution in [3.05, 3.63) is 48.6 Å². The SMILES string of the molecule is C1=CCCC=C1.c1ccc2n[nH]nc2c1. The van der Waals surface area contributed by atoms with Crippen LogP contribution in [0.5, 0.6) is 0 Å². The summed E-state index contributed by atoms with van der Waals surface area (Å²) in [5.74, 6) is 0. The Labute approximate surface area is 88.5 Å². The molecule has 0 unspecified atom stereocenters. The van der Waals surface area contributed by atoms with Crippen LogP contribution >= 0.6 is 0 Å². The van der Waals surface area contributed by atoms with Gasteiger partial charge in [0, 0.05) is 0 Å². The molecule has 0 atom stereocenters. The van der Waals surface area contributed by atoms with Crippen LogP contribution in [0.3, 0.4) is 0 Å². The second kappa shape index (κ2) is 5.10. The minimum absolute atomic E-state index is 0.914. The molecule has 1 aromatic heterocycles. The van der Waals surface area contributed by atoms with Crippen LogP contribution in [0.2, 0.25) is 0 Å². The molecular weight excluding hydrogens is 186 g/mol. The summed E-state index contributed by atoms with van der Waals surface area (Å²) in [6.45, 7) is 0. The van der Waals surface area contributed by atoms with Crippen molar-refractivity contribution in [1.29, 1.82) is 0 Å². The molecular formula is C12H13N3. The summed E-state index contributed by atoms with van der Waals surface area (Å²) in [5, 5.41) is 10.3. The summed E-state index contributed by atoms with van der Waals surface area (Å²) >= 11 is 0. The van der Waals surface area contributed by atoms with E-state index in [9.17, 15) is 0 Å². The summed E-state index contributed by atoms with van der Waals surface area (Å²) in [6, 6.07) is 7.70. The van der Waals surface area contributed by atoms with E-state index < -0.39 is 0 Å². The lowest BCUT2D eigenvalue weighted by Gasteiger charge is -1.88. The Morgan fingerprint density at radius 3 is 1.80 bits per heavy atom. The van der Waals surface area contributed by atoms with Gasteiger partial charge in [0.15, 0.2) is 0 Å². The summed E-state index contributed by atoms with van der Waals surface area (Å²) in [7, 11) is 0. The molecule has 0 aliphatic heterocycles. The Hall–Kier alpha value is -1.90. The maximum atomic E-state index is 3.88. The molecule has 0 amide bonds. The minimum atomic E-state index is 0.914. The topological polar surface area (TPSA) is 41.6 Å². The normalized spacial score (nSPS) is 13.6. The lowest BCUT2D eigenvalue weighted by Crippen LogP contribution is -1.67. The second-order valence-corrected chi connectivity index (χ2v) is 3.25. The lowest BCUT2D eigenvalue weighted by molar-refractivity contribution is 0.959. The van der Waals surface area contributed by atoms with Gasteiger partial charge in [0.25, 0.3) is 0 Å². The van der Waals surface area contributed by atoms with Crippen molar-refractivity contribution < 1.29 is 0 Å². The predicted octanol–water partition coefficient (Wildman–Crippen LogP) is 2.85. The van der Waals surface area contributed by atoms with Crippen LogP contribution in [-0.2, 0) is 0 Å². The molecule has 1 aliphatic carbocycles. The Bertz CT molecular complexity index is 426. The Balaban J connectivity index is 0.000000124. The van der Waals surface area contributed by atoms with E-state index in [1.54, 1.807) is 0 Å².